The van der Waals surface area contributed by atoms with Gasteiger partial charge in [-0.1, -0.05) is 6.42 Å². The van der Waals surface area contributed by atoms with Crippen LogP contribution in [0.3, 0.4) is 0 Å². The highest BCUT2D eigenvalue weighted by atomic mass is 35.7. The van der Waals surface area contributed by atoms with Crippen molar-refractivity contribution in [2.24, 2.45) is 5.92 Å². The van der Waals surface area contributed by atoms with Crippen LogP contribution in [0.2, 0.25) is 0 Å². The van der Waals surface area contributed by atoms with Gasteiger partial charge in [-0.3, -0.25) is 9.69 Å². The number of nitrogens with zero attached hydrogens (tertiary/aromatic N) is 2. The third-order valence-electron chi connectivity index (χ3n) is 4.73. The molecule has 1 amide bonds. The van der Waals surface area contributed by atoms with Gasteiger partial charge in [0.25, 0.3) is 0 Å². The number of rotatable bonds is 5. The van der Waals surface area contributed by atoms with Gasteiger partial charge in [0.1, 0.15) is 0 Å². The summed E-state index contributed by atoms with van der Waals surface area (Å²) in [5.74, 6) is -0.207. The van der Waals surface area contributed by atoms with Gasteiger partial charge in [0, 0.05) is 54.7 Å². The van der Waals surface area contributed by atoms with Gasteiger partial charge < -0.3 is 4.90 Å². The molecule has 0 aromatic carbocycles. The Morgan fingerprint density at radius 2 is 1.81 bits per heavy atom. The van der Waals surface area contributed by atoms with Gasteiger partial charge in [-0.2, -0.15) is 0 Å². The van der Waals surface area contributed by atoms with Crippen LogP contribution in [0, 0.1) is 5.92 Å². The van der Waals surface area contributed by atoms with Crippen molar-refractivity contribution in [2.75, 3.05) is 25.4 Å². The van der Waals surface area contributed by atoms with E-state index in [1.807, 2.05) is 0 Å². The van der Waals surface area contributed by atoms with Crippen LogP contribution in [0.5, 0.6) is 0 Å². The predicted octanol–water partition coefficient (Wildman–Crippen LogP) is 1.67. The zero-order valence-electron chi connectivity index (χ0n) is 12.8. The van der Waals surface area contributed by atoms with Gasteiger partial charge in [-0.05, 0) is 26.7 Å². The standard InChI is InChI=1S/C14H25ClN2O3S/c1-11-4-3-5-12(2)17(11)7-6-16-9-13(8-14(16)18)10-21(15,19)20/h11-13H,3-10H2,1-2H3. The van der Waals surface area contributed by atoms with Crippen LogP contribution in [0.4, 0.5) is 0 Å². The van der Waals surface area contributed by atoms with E-state index >= 15 is 0 Å². The molecule has 0 aromatic heterocycles. The fraction of sp³-hybridized carbons (Fsp3) is 0.929. The van der Waals surface area contributed by atoms with Crippen molar-refractivity contribution in [3.63, 3.8) is 0 Å². The van der Waals surface area contributed by atoms with Gasteiger partial charge in [0.15, 0.2) is 0 Å². The molecule has 0 bridgehead atoms. The summed E-state index contributed by atoms with van der Waals surface area (Å²) >= 11 is 0. The molecule has 3 atom stereocenters. The molecule has 0 aliphatic carbocycles. The minimum Gasteiger partial charge on any atom is -0.341 e. The predicted molar refractivity (Wildman–Crippen MR) is 83.8 cm³/mol. The smallest absolute Gasteiger partial charge is 0.232 e. The second-order valence-corrected chi connectivity index (χ2v) is 9.30. The van der Waals surface area contributed by atoms with E-state index in [1.165, 1.54) is 19.3 Å². The lowest BCUT2D eigenvalue weighted by atomic mass is 9.97. The molecule has 0 spiro atoms. The Bertz CT molecular complexity index is 473. The Hall–Kier alpha value is -0.330. The second kappa shape index (κ2) is 6.84. The first-order valence-electron chi connectivity index (χ1n) is 7.72. The molecular weight excluding hydrogens is 312 g/mol. The summed E-state index contributed by atoms with van der Waals surface area (Å²) < 4.78 is 22.2. The summed E-state index contributed by atoms with van der Waals surface area (Å²) in [6.45, 7) is 6.55. The second-order valence-electron chi connectivity index (χ2n) is 6.48. The lowest BCUT2D eigenvalue weighted by Gasteiger charge is -2.39. The lowest BCUT2D eigenvalue weighted by Crippen LogP contribution is -2.47. The van der Waals surface area contributed by atoms with Gasteiger partial charge in [-0.25, -0.2) is 8.42 Å². The fourth-order valence-electron chi connectivity index (χ4n) is 3.61. The molecule has 2 aliphatic heterocycles. The van der Waals surface area contributed by atoms with Crippen LogP contribution in [0.1, 0.15) is 39.5 Å². The van der Waals surface area contributed by atoms with Crippen molar-refractivity contribution in [1.29, 1.82) is 0 Å². The van der Waals surface area contributed by atoms with Crippen LogP contribution in [0.15, 0.2) is 0 Å². The number of hydrogen-bond donors (Lipinski definition) is 0. The quantitative estimate of drug-likeness (QED) is 0.717. The molecule has 122 valence electrons. The molecule has 0 aromatic rings. The molecule has 21 heavy (non-hydrogen) atoms. The number of carbonyl (C=O) groups is 1. The van der Waals surface area contributed by atoms with E-state index in [0.717, 1.165) is 6.54 Å². The van der Waals surface area contributed by atoms with Crippen molar-refractivity contribution in [1.82, 2.24) is 9.80 Å². The Morgan fingerprint density at radius 3 is 2.38 bits per heavy atom. The zero-order chi connectivity index (χ0) is 15.6. The number of halogens is 1. The maximum absolute atomic E-state index is 12.0. The van der Waals surface area contributed by atoms with Gasteiger partial charge in [0.05, 0.1) is 5.75 Å². The summed E-state index contributed by atoms with van der Waals surface area (Å²) in [6.07, 6.45) is 4.00. The first-order chi connectivity index (χ1) is 9.76. The first-order valence-corrected chi connectivity index (χ1v) is 10.2. The summed E-state index contributed by atoms with van der Waals surface area (Å²) in [5.41, 5.74) is 0. The normalized spacial score (nSPS) is 31.9. The van der Waals surface area contributed by atoms with Crippen molar-refractivity contribution < 1.29 is 13.2 Å². The molecule has 0 saturated carbocycles. The van der Waals surface area contributed by atoms with Crippen molar-refractivity contribution in [3.8, 4) is 0 Å². The Labute approximate surface area is 132 Å². The van der Waals surface area contributed by atoms with E-state index in [2.05, 4.69) is 18.7 Å². The molecule has 2 heterocycles. The highest BCUT2D eigenvalue weighted by molar-refractivity contribution is 8.13. The number of piperidine rings is 1. The van der Waals surface area contributed by atoms with Crippen molar-refractivity contribution in [2.45, 2.75) is 51.6 Å². The minimum absolute atomic E-state index is 0.0534. The van der Waals surface area contributed by atoms with Crippen molar-refractivity contribution >= 4 is 25.6 Å². The summed E-state index contributed by atoms with van der Waals surface area (Å²) in [6, 6.07) is 1.12. The summed E-state index contributed by atoms with van der Waals surface area (Å²) in [5, 5.41) is 0. The van der Waals surface area contributed by atoms with Gasteiger partial charge in [0.2, 0.25) is 15.0 Å². The van der Waals surface area contributed by atoms with Crippen LogP contribution in [-0.4, -0.2) is 61.6 Å². The van der Waals surface area contributed by atoms with E-state index in [1.54, 1.807) is 4.90 Å². The summed E-state index contributed by atoms with van der Waals surface area (Å²) in [4.78, 5) is 16.2. The Morgan fingerprint density at radius 1 is 1.19 bits per heavy atom. The fourth-order valence-corrected chi connectivity index (χ4v) is 4.94. The lowest BCUT2D eigenvalue weighted by molar-refractivity contribution is -0.128. The van der Waals surface area contributed by atoms with E-state index in [0.29, 0.717) is 31.6 Å². The minimum atomic E-state index is -3.52. The van der Waals surface area contributed by atoms with E-state index in [9.17, 15) is 13.2 Å². The summed E-state index contributed by atoms with van der Waals surface area (Å²) in [7, 11) is 1.76. The SMILES string of the molecule is CC1CCCC(C)N1CCN1CC(CS(=O)(=O)Cl)CC1=O. The third kappa shape index (κ3) is 4.83. The van der Waals surface area contributed by atoms with Crippen LogP contribution >= 0.6 is 10.7 Å². The molecule has 2 saturated heterocycles. The highest BCUT2D eigenvalue weighted by Crippen LogP contribution is 2.24. The average Bonchev–Trinajstić information content (AvgIpc) is 2.66. The maximum atomic E-state index is 12.0. The molecule has 2 rings (SSSR count). The number of amides is 1. The molecule has 0 radical (unpaired) electrons. The molecule has 2 aliphatic rings. The molecule has 5 nitrogen and oxygen atoms in total. The number of hydrogen-bond acceptors (Lipinski definition) is 4. The molecule has 3 unspecified atom stereocenters. The first kappa shape index (κ1) is 17.0. The van der Waals surface area contributed by atoms with E-state index in [4.69, 9.17) is 10.7 Å². The number of carbonyl (C=O) groups excluding carboxylic acids is 1. The van der Waals surface area contributed by atoms with E-state index in [-0.39, 0.29) is 17.6 Å². The van der Waals surface area contributed by atoms with Gasteiger partial charge >= 0.3 is 0 Å². The highest BCUT2D eigenvalue weighted by Gasteiger charge is 2.33. The van der Waals surface area contributed by atoms with Crippen LogP contribution < -0.4 is 0 Å². The Balaban J connectivity index is 1.84. The van der Waals surface area contributed by atoms with Crippen LogP contribution in [0.25, 0.3) is 0 Å². The average molecular weight is 337 g/mol. The van der Waals surface area contributed by atoms with E-state index < -0.39 is 9.05 Å². The van der Waals surface area contributed by atoms with Crippen molar-refractivity contribution in [3.05, 3.63) is 0 Å². The zero-order valence-corrected chi connectivity index (χ0v) is 14.4. The third-order valence-corrected chi connectivity index (χ3v) is 5.98. The van der Waals surface area contributed by atoms with Gasteiger partial charge in [-0.15, -0.1) is 0 Å². The number of likely N-dealkylation sites (tertiary alicyclic amines) is 2. The monoisotopic (exact) mass is 336 g/mol. The topological polar surface area (TPSA) is 57.7 Å². The molecular formula is C14H25ClN2O3S. The van der Waals surface area contributed by atoms with Crippen LogP contribution in [-0.2, 0) is 13.8 Å². The Kier molecular flexibility index (Phi) is 5.54. The largest absolute Gasteiger partial charge is 0.341 e. The maximum Gasteiger partial charge on any atom is 0.232 e. The molecule has 2 fully saturated rings. The molecule has 7 heteroatoms. The molecule has 0 N–H and O–H groups in total.